The summed E-state index contributed by atoms with van der Waals surface area (Å²) < 4.78 is 18.0. The first kappa shape index (κ1) is 13.0. The van der Waals surface area contributed by atoms with E-state index in [1.54, 1.807) is 0 Å². The molecule has 0 aromatic carbocycles. The normalized spacial score (nSPS) is 11.7. The predicted molar refractivity (Wildman–Crippen MR) is 32.1 cm³/mol. The Bertz CT molecular complexity index is 124. The van der Waals surface area contributed by atoms with E-state index in [9.17, 15) is 0 Å². The maximum absolute atomic E-state index is 9.10. The lowest BCUT2D eigenvalue weighted by Crippen LogP contribution is -1.67. The van der Waals surface area contributed by atoms with Gasteiger partial charge in [-0.3, -0.25) is 4.57 Å². The van der Waals surface area contributed by atoms with Crippen molar-refractivity contribution in [2.75, 3.05) is 0 Å². The summed E-state index contributed by atoms with van der Waals surface area (Å²) in [6.07, 6.45) is 0. The third-order valence-electron chi connectivity index (χ3n) is 0. The third kappa shape index (κ3) is 4230. The van der Waals surface area contributed by atoms with Gasteiger partial charge in [0.2, 0.25) is 7.57 Å². The van der Waals surface area contributed by atoms with Gasteiger partial charge >= 0.3 is 7.82 Å². The lowest BCUT2D eigenvalue weighted by molar-refractivity contribution is 0.275. The van der Waals surface area contributed by atoms with Crippen molar-refractivity contribution in [2.45, 2.75) is 0 Å². The van der Waals surface area contributed by atoms with E-state index >= 15 is 0 Å². The number of phosphoric acid groups is 1. The molecule has 10 heavy (non-hydrogen) atoms. The van der Waals surface area contributed by atoms with E-state index in [4.69, 9.17) is 33.6 Å². The smallest absolute Gasteiger partial charge is 0.333 e. The molecule has 0 spiro atoms. The minimum absolute atomic E-state index is 4.02. The Morgan fingerprint density at radius 2 is 0.900 bits per heavy atom. The Kier molecular flexibility index (Phi) is 5.51. The monoisotopic (exact) mass is 190 g/mol. The summed E-state index contributed by atoms with van der Waals surface area (Å²) in [6.45, 7) is 0. The van der Waals surface area contributed by atoms with Crippen molar-refractivity contribution in [1.29, 1.82) is 0 Å². The molecule has 0 saturated carbocycles. The average molecular weight is 190 g/mol. The van der Waals surface area contributed by atoms with E-state index in [1.807, 2.05) is 0 Å². The zero-order valence-electron chi connectivity index (χ0n) is 4.52. The minimum atomic E-state index is -4.64. The van der Waals surface area contributed by atoms with Crippen LogP contribution < -0.4 is 0 Å². The number of hydrogen-bond donors (Lipinski definition) is 5. The van der Waals surface area contributed by atoms with E-state index in [-0.39, 0.29) is 0 Å². The van der Waals surface area contributed by atoms with Gasteiger partial charge in [0.15, 0.2) is 0 Å². The highest BCUT2D eigenvalue weighted by Crippen LogP contribution is 2.25. The molecule has 7 nitrogen and oxygen atoms in total. The van der Waals surface area contributed by atoms with E-state index in [1.165, 1.54) is 0 Å². The van der Waals surface area contributed by atoms with Crippen molar-refractivity contribution in [3.63, 3.8) is 0 Å². The molecule has 10 heteroatoms. The second-order valence-electron chi connectivity index (χ2n) is 1.10. The summed E-state index contributed by atoms with van der Waals surface area (Å²) in [5.74, 6) is 0. The molecule has 0 aromatic rings. The van der Waals surface area contributed by atoms with Crippen LogP contribution in [0.3, 0.4) is 0 Å². The molecule has 0 aliphatic heterocycles. The standard InChI is InChI=1S/BH2O3P.H3O4P/c2*1-5(2,3)4/h(H2,2,3,4);(H3,1,2,3,4). The van der Waals surface area contributed by atoms with Crippen LogP contribution in [-0.4, -0.2) is 32.0 Å². The lowest BCUT2D eigenvalue weighted by atomic mass is 10.8. The topological polar surface area (TPSA) is 135 Å². The Morgan fingerprint density at radius 3 is 0.900 bits per heavy atom. The van der Waals surface area contributed by atoms with Crippen molar-refractivity contribution in [2.24, 2.45) is 0 Å². The van der Waals surface area contributed by atoms with E-state index in [0.29, 0.717) is 0 Å². The fourth-order valence-electron chi connectivity index (χ4n) is 0. The molecule has 0 atom stereocenters. The highest BCUT2D eigenvalue weighted by molar-refractivity contribution is 7.77. The zero-order valence-corrected chi connectivity index (χ0v) is 6.31. The fourth-order valence-corrected chi connectivity index (χ4v) is 0. The van der Waals surface area contributed by atoms with Gasteiger partial charge in [-0.25, -0.2) is 4.57 Å². The van der Waals surface area contributed by atoms with Crippen LogP contribution in [0.5, 0.6) is 0 Å². The molecule has 0 saturated heterocycles. The molecule has 0 unspecified atom stereocenters. The minimum Gasteiger partial charge on any atom is -0.333 e. The number of hydrogen-bond acceptors (Lipinski definition) is 2. The highest BCUT2D eigenvalue weighted by atomic mass is 31.2. The molecule has 60 valence electrons. The van der Waals surface area contributed by atoms with Crippen LogP contribution in [0.15, 0.2) is 0 Å². The van der Waals surface area contributed by atoms with Crippen LogP contribution in [0.1, 0.15) is 0 Å². The van der Waals surface area contributed by atoms with Gasteiger partial charge < -0.3 is 24.5 Å². The molecule has 5 N–H and O–H groups in total. The average Bonchev–Trinajstić information content (AvgIpc) is 1.12. The molecule has 0 aliphatic carbocycles. The van der Waals surface area contributed by atoms with Crippen molar-refractivity contribution >= 4 is 22.9 Å². The Labute approximate surface area is 57.5 Å². The summed E-state index contributed by atoms with van der Waals surface area (Å²) in [4.78, 5) is 36.4. The predicted octanol–water partition coefficient (Wildman–Crippen LogP) is -1.68. The molecule has 0 amide bonds. The van der Waals surface area contributed by atoms with Crippen molar-refractivity contribution in [1.82, 2.24) is 0 Å². The summed E-state index contributed by atoms with van der Waals surface area (Å²) >= 11 is 0. The van der Waals surface area contributed by atoms with Crippen molar-refractivity contribution < 1.29 is 33.6 Å². The van der Waals surface area contributed by atoms with Gasteiger partial charge in [-0.1, -0.05) is 0 Å². The van der Waals surface area contributed by atoms with Crippen LogP contribution in [0.2, 0.25) is 0 Å². The van der Waals surface area contributed by atoms with Crippen molar-refractivity contribution in [3.8, 4) is 0 Å². The van der Waals surface area contributed by atoms with Gasteiger partial charge in [0, 0.05) is 0 Å². The Hall–Kier alpha value is 0.325. The molecule has 0 aromatic heterocycles. The maximum Gasteiger partial charge on any atom is 0.466 e. The quantitative estimate of drug-likeness (QED) is 0.227. The van der Waals surface area contributed by atoms with E-state index in [0.717, 1.165) is 0 Å². The number of rotatable bonds is 0. The Balaban J connectivity index is 0. The molecular formula is H5BO7P2. The Morgan fingerprint density at radius 1 is 0.900 bits per heavy atom. The fraction of sp³-hybridized carbons (Fsp3) is 0. The van der Waals surface area contributed by atoms with Crippen LogP contribution in [0.25, 0.3) is 0 Å². The SMILES string of the molecule is O=P(O)(O)O.[B]P(=O)(O)O. The van der Waals surface area contributed by atoms with E-state index < -0.39 is 15.3 Å². The molecule has 0 heterocycles. The van der Waals surface area contributed by atoms with Gasteiger partial charge in [0.05, 0.1) is 0 Å². The summed E-state index contributed by atoms with van der Waals surface area (Å²) in [5, 5.41) is 0. The molecule has 0 bridgehead atoms. The lowest BCUT2D eigenvalue weighted by Gasteiger charge is -1.85. The summed E-state index contributed by atoms with van der Waals surface area (Å²) in [5.41, 5.74) is 0. The first-order valence-corrected chi connectivity index (χ1v) is 4.87. The maximum atomic E-state index is 9.10. The van der Waals surface area contributed by atoms with Crippen molar-refractivity contribution in [3.05, 3.63) is 0 Å². The molecular weight excluding hydrogens is 185 g/mol. The van der Waals surface area contributed by atoms with Gasteiger partial charge in [-0.15, -0.1) is 0 Å². The van der Waals surface area contributed by atoms with Gasteiger partial charge in [0.25, 0.3) is 7.47 Å². The highest BCUT2D eigenvalue weighted by Gasteiger charge is 2.00. The molecule has 0 rings (SSSR count). The molecule has 0 fully saturated rings. The van der Waals surface area contributed by atoms with Crippen LogP contribution in [-0.2, 0) is 9.13 Å². The third-order valence-corrected chi connectivity index (χ3v) is 0. The first-order chi connectivity index (χ1) is 4.00. The largest absolute Gasteiger partial charge is 0.466 e. The molecule has 0 aliphatic rings. The second kappa shape index (κ2) is 4.25. The first-order valence-electron chi connectivity index (χ1n) is 1.62. The van der Waals surface area contributed by atoms with Crippen LogP contribution in [0, 0.1) is 0 Å². The van der Waals surface area contributed by atoms with Gasteiger partial charge in [-0.05, 0) is 0 Å². The molecule has 2 radical (unpaired) electrons. The summed E-state index contributed by atoms with van der Waals surface area (Å²) in [7, 11) is -4.76. The summed E-state index contributed by atoms with van der Waals surface area (Å²) in [6, 6.07) is 0. The van der Waals surface area contributed by atoms with Gasteiger partial charge in [0.1, 0.15) is 0 Å². The van der Waals surface area contributed by atoms with Gasteiger partial charge in [-0.2, -0.15) is 0 Å². The second-order valence-corrected chi connectivity index (χ2v) is 3.31. The zero-order chi connectivity index (χ0) is 9.00. The van der Waals surface area contributed by atoms with Crippen LogP contribution in [0.4, 0.5) is 0 Å². The van der Waals surface area contributed by atoms with E-state index in [2.05, 4.69) is 7.57 Å². The van der Waals surface area contributed by atoms with Crippen LogP contribution >= 0.6 is 15.3 Å².